The number of hydrogen-bond acceptors (Lipinski definition) is 4. The van der Waals surface area contributed by atoms with Crippen LogP contribution in [0.1, 0.15) is 21.5 Å². The monoisotopic (exact) mass is 390 g/mol. The molecule has 0 saturated carbocycles. The molecule has 0 heterocycles. The van der Waals surface area contributed by atoms with Crippen LogP contribution in [-0.2, 0) is 11.2 Å². The van der Waals surface area contributed by atoms with Gasteiger partial charge in [-0.15, -0.1) is 0 Å². The number of benzene rings is 2. The first-order chi connectivity index (χ1) is 13.4. The summed E-state index contributed by atoms with van der Waals surface area (Å²) < 4.78 is 34.7. The summed E-state index contributed by atoms with van der Waals surface area (Å²) in [5.41, 5.74) is 6.76. The average Bonchev–Trinajstić information content (AvgIpc) is 2.67. The van der Waals surface area contributed by atoms with Gasteiger partial charge in [0, 0.05) is 23.7 Å². The van der Waals surface area contributed by atoms with E-state index >= 15 is 0 Å². The first-order valence-electron chi connectivity index (χ1n) is 8.37. The number of halogens is 2. The molecule has 3 N–H and O–H groups in total. The number of carbonyl (C=O) groups is 2. The number of primary amides is 1. The van der Waals surface area contributed by atoms with E-state index in [1.807, 2.05) is 6.07 Å². The van der Waals surface area contributed by atoms with E-state index in [1.165, 1.54) is 31.4 Å². The molecule has 0 atom stereocenters. The highest BCUT2D eigenvalue weighted by Gasteiger charge is 2.14. The number of para-hydroxylation sites is 1. The van der Waals surface area contributed by atoms with E-state index in [9.17, 15) is 18.4 Å². The summed E-state index contributed by atoms with van der Waals surface area (Å²) in [5, 5.41) is 2.68. The number of rotatable bonds is 9. The number of methoxy groups -OCH3 is 1. The Balaban J connectivity index is 1.97. The van der Waals surface area contributed by atoms with Crippen molar-refractivity contribution in [1.29, 1.82) is 0 Å². The second kappa shape index (κ2) is 10.1. The summed E-state index contributed by atoms with van der Waals surface area (Å²) in [6, 6.07) is 11.4. The smallest absolute Gasteiger partial charge is 0.387 e. The lowest BCUT2D eigenvalue weighted by atomic mass is 10.1. The summed E-state index contributed by atoms with van der Waals surface area (Å²) in [4.78, 5) is 23.1. The fraction of sp³-hybridized carbons (Fsp3) is 0.200. The molecule has 0 unspecified atom stereocenters. The highest BCUT2D eigenvalue weighted by atomic mass is 19.3. The lowest BCUT2D eigenvalue weighted by Crippen LogP contribution is -2.23. The van der Waals surface area contributed by atoms with Crippen molar-refractivity contribution >= 4 is 17.9 Å². The third-order valence-electron chi connectivity index (χ3n) is 3.77. The fourth-order valence-corrected chi connectivity index (χ4v) is 2.47. The van der Waals surface area contributed by atoms with Gasteiger partial charge in [0.1, 0.15) is 0 Å². The van der Waals surface area contributed by atoms with Crippen LogP contribution >= 0.6 is 0 Å². The molecule has 0 bridgehead atoms. The number of nitrogens with two attached hydrogens (primary N) is 1. The van der Waals surface area contributed by atoms with Gasteiger partial charge < -0.3 is 20.5 Å². The average molecular weight is 390 g/mol. The van der Waals surface area contributed by atoms with Gasteiger partial charge in [-0.1, -0.05) is 24.3 Å². The predicted octanol–water partition coefficient (Wildman–Crippen LogP) is 2.77. The second-order valence-electron chi connectivity index (χ2n) is 5.70. The van der Waals surface area contributed by atoms with Crippen molar-refractivity contribution in [2.45, 2.75) is 13.0 Å². The van der Waals surface area contributed by atoms with Crippen LogP contribution in [0.5, 0.6) is 11.5 Å². The number of nitrogens with one attached hydrogen (secondary N) is 1. The first kappa shape index (κ1) is 20.9. The van der Waals surface area contributed by atoms with E-state index in [4.69, 9.17) is 10.5 Å². The highest BCUT2D eigenvalue weighted by Crippen LogP contribution is 2.33. The summed E-state index contributed by atoms with van der Waals surface area (Å²) in [6.45, 7) is -2.70. The number of carbonyl (C=O) groups excluding carboxylic acids is 2. The SMILES string of the molecule is COc1cccc(C=CC(=O)NCCc2cccc(C(N)=O)c2)c1OC(F)F. The van der Waals surface area contributed by atoms with Crippen LogP contribution in [0.25, 0.3) is 6.08 Å². The molecule has 0 saturated heterocycles. The Morgan fingerprint density at radius 1 is 1.21 bits per heavy atom. The minimum Gasteiger partial charge on any atom is -0.493 e. The van der Waals surface area contributed by atoms with Crippen LogP contribution in [0.3, 0.4) is 0 Å². The lowest BCUT2D eigenvalue weighted by Gasteiger charge is -2.12. The molecule has 2 amide bonds. The zero-order valence-electron chi connectivity index (χ0n) is 15.2. The van der Waals surface area contributed by atoms with Crippen molar-refractivity contribution in [1.82, 2.24) is 5.32 Å². The standard InChI is InChI=1S/C20H20F2N2O4/c1-27-16-7-3-5-14(18(16)28-20(21)22)8-9-17(25)24-11-10-13-4-2-6-15(12-13)19(23)26/h2-9,12,20H,10-11H2,1H3,(H2,23,26)(H,24,25). The van der Waals surface area contributed by atoms with E-state index < -0.39 is 18.4 Å². The molecule has 0 spiro atoms. The number of hydrogen-bond donors (Lipinski definition) is 2. The van der Waals surface area contributed by atoms with Crippen LogP contribution in [-0.4, -0.2) is 32.1 Å². The van der Waals surface area contributed by atoms with E-state index in [1.54, 1.807) is 24.3 Å². The summed E-state index contributed by atoms with van der Waals surface area (Å²) in [6.07, 6.45) is 3.08. The van der Waals surface area contributed by atoms with Crippen molar-refractivity contribution in [2.75, 3.05) is 13.7 Å². The molecular formula is C20H20F2N2O4. The normalized spacial score (nSPS) is 10.9. The molecule has 148 valence electrons. The van der Waals surface area contributed by atoms with Gasteiger partial charge in [0.05, 0.1) is 7.11 Å². The Hall–Kier alpha value is -3.42. The van der Waals surface area contributed by atoms with E-state index in [-0.39, 0.29) is 17.1 Å². The molecule has 2 aromatic carbocycles. The summed E-state index contributed by atoms with van der Waals surface area (Å²) in [7, 11) is 1.33. The molecule has 0 fully saturated rings. The Bertz CT molecular complexity index is 869. The van der Waals surface area contributed by atoms with Crippen molar-refractivity contribution in [2.24, 2.45) is 5.73 Å². The molecule has 2 rings (SSSR count). The maximum Gasteiger partial charge on any atom is 0.387 e. The molecular weight excluding hydrogens is 370 g/mol. The van der Waals surface area contributed by atoms with Crippen LogP contribution in [0.15, 0.2) is 48.5 Å². The minimum absolute atomic E-state index is 0.136. The van der Waals surface area contributed by atoms with Crippen molar-refractivity contribution in [3.63, 3.8) is 0 Å². The lowest BCUT2D eigenvalue weighted by molar-refractivity contribution is -0.116. The minimum atomic E-state index is -3.02. The topological polar surface area (TPSA) is 90.6 Å². The molecule has 0 radical (unpaired) electrons. The Morgan fingerprint density at radius 2 is 1.96 bits per heavy atom. The molecule has 0 aliphatic rings. The molecule has 0 aromatic heterocycles. The number of ether oxygens (including phenoxy) is 2. The van der Waals surface area contributed by atoms with Gasteiger partial charge in [0.15, 0.2) is 11.5 Å². The summed E-state index contributed by atoms with van der Waals surface area (Å²) >= 11 is 0. The van der Waals surface area contributed by atoms with Crippen LogP contribution in [0.2, 0.25) is 0 Å². The maximum absolute atomic E-state index is 12.6. The Morgan fingerprint density at radius 3 is 2.64 bits per heavy atom. The van der Waals surface area contributed by atoms with E-state index in [2.05, 4.69) is 10.1 Å². The van der Waals surface area contributed by atoms with Crippen molar-refractivity contribution in [3.05, 3.63) is 65.2 Å². The van der Waals surface area contributed by atoms with Gasteiger partial charge in [-0.25, -0.2) is 0 Å². The largest absolute Gasteiger partial charge is 0.493 e. The zero-order chi connectivity index (χ0) is 20.5. The molecule has 0 aliphatic carbocycles. The van der Waals surface area contributed by atoms with Crippen LogP contribution in [0, 0.1) is 0 Å². The number of amides is 2. The summed E-state index contributed by atoms with van der Waals surface area (Å²) in [5.74, 6) is -0.935. The van der Waals surface area contributed by atoms with E-state index in [0.29, 0.717) is 18.5 Å². The molecule has 0 aliphatic heterocycles. The van der Waals surface area contributed by atoms with Crippen LogP contribution in [0.4, 0.5) is 8.78 Å². The van der Waals surface area contributed by atoms with E-state index in [0.717, 1.165) is 5.56 Å². The van der Waals surface area contributed by atoms with Gasteiger partial charge in [-0.05, 0) is 36.3 Å². The van der Waals surface area contributed by atoms with Gasteiger partial charge in [0.25, 0.3) is 0 Å². The van der Waals surface area contributed by atoms with Gasteiger partial charge in [-0.3, -0.25) is 9.59 Å². The predicted molar refractivity (Wildman–Crippen MR) is 100 cm³/mol. The fourth-order valence-electron chi connectivity index (χ4n) is 2.47. The Kier molecular flexibility index (Phi) is 7.50. The maximum atomic E-state index is 12.6. The third kappa shape index (κ3) is 6.08. The van der Waals surface area contributed by atoms with Crippen molar-refractivity contribution < 1.29 is 27.8 Å². The molecule has 2 aromatic rings. The quantitative estimate of drug-likeness (QED) is 0.644. The zero-order valence-corrected chi connectivity index (χ0v) is 15.2. The molecule has 28 heavy (non-hydrogen) atoms. The third-order valence-corrected chi connectivity index (χ3v) is 3.77. The first-order valence-corrected chi connectivity index (χ1v) is 8.37. The van der Waals surface area contributed by atoms with Gasteiger partial charge in [-0.2, -0.15) is 8.78 Å². The second-order valence-corrected chi connectivity index (χ2v) is 5.70. The van der Waals surface area contributed by atoms with Gasteiger partial charge in [0.2, 0.25) is 11.8 Å². The highest BCUT2D eigenvalue weighted by molar-refractivity contribution is 5.93. The Labute approximate surface area is 160 Å². The van der Waals surface area contributed by atoms with Crippen LogP contribution < -0.4 is 20.5 Å². The molecule has 8 heteroatoms. The molecule has 6 nitrogen and oxygen atoms in total. The van der Waals surface area contributed by atoms with Gasteiger partial charge >= 0.3 is 6.61 Å². The number of alkyl halides is 2. The van der Waals surface area contributed by atoms with Crippen molar-refractivity contribution in [3.8, 4) is 11.5 Å².